The molecule has 6 heteroatoms. The van der Waals surface area contributed by atoms with Gasteiger partial charge in [0.2, 0.25) is 0 Å². The molecule has 82 heavy (non-hydrogen) atoms. The first-order valence-electron chi connectivity index (χ1n) is 37.0. The topological polar surface area (TPSA) is 78.9 Å². The Morgan fingerprint density at radius 3 is 0.744 bits per heavy atom. The number of allylic oxidation sites excluding steroid dienone is 6. The predicted octanol–water partition coefficient (Wildman–Crippen LogP) is 25.5. The van der Waals surface area contributed by atoms with Crippen LogP contribution in [-0.4, -0.2) is 37.2 Å². The Morgan fingerprint density at radius 1 is 0.256 bits per heavy atom. The fraction of sp³-hybridized carbons (Fsp3) is 0.882. The molecule has 0 rings (SSSR count). The summed E-state index contributed by atoms with van der Waals surface area (Å²) in [6.45, 7) is 6.60. The van der Waals surface area contributed by atoms with Gasteiger partial charge in [-0.2, -0.15) is 0 Å². The van der Waals surface area contributed by atoms with Crippen LogP contribution >= 0.6 is 0 Å². The SMILES string of the molecule is CC/C=C\C/C=C\C/C=C\CCCCCCCCCC(=O)OC(COC(=O)CCCCCCCCCCCCCCCC)COC(=O)CCCCCCCCCCCCCCCCCCCCCCCCCCCCCCCCCCC. The van der Waals surface area contributed by atoms with Crippen LogP contribution < -0.4 is 0 Å². The van der Waals surface area contributed by atoms with Crippen LogP contribution in [0.2, 0.25) is 0 Å². The smallest absolute Gasteiger partial charge is 0.306 e. The van der Waals surface area contributed by atoms with E-state index in [9.17, 15) is 14.4 Å². The lowest BCUT2D eigenvalue weighted by molar-refractivity contribution is -0.167. The molecule has 0 radical (unpaired) electrons. The fourth-order valence-electron chi connectivity index (χ4n) is 11.4. The van der Waals surface area contributed by atoms with E-state index in [0.29, 0.717) is 19.3 Å². The molecule has 0 aliphatic heterocycles. The Bertz CT molecular complexity index is 1370. The van der Waals surface area contributed by atoms with Gasteiger partial charge in [-0.15, -0.1) is 0 Å². The largest absolute Gasteiger partial charge is 0.462 e. The highest BCUT2D eigenvalue weighted by Gasteiger charge is 2.20. The highest BCUT2D eigenvalue weighted by Crippen LogP contribution is 2.19. The van der Waals surface area contributed by atoms with Gasteiger partial charge in [0.05, 0.1) is 0 Å². The van der Waals surface area contributed by atoms with E-state index in [0.717, 1.165) is 83.5 Å². The van der Waals surface area contributed by atoms with Crippen molar-refractivity contribution in [2.24, 2.45) is 0 Å². The van der Waals surface area contributed by atoms with Crippen molar-refractivity contribution in [3.05, 3.63) is 36.5 Å². The molecule has 6 nitrogen and oxygen atoms in total. The van der Waals surface area contributed by atoms with Crippen LogP contribution in [0.1, 0.15) is 412 Å². The molecular formula is C76H142O6. The molecule has 0 bridgehead atoms. The summed E-state index contributed by atoms with van der Waals surface area (Å²) in [5, 5.41) is 0. The summed E-state index contributed by atoms with van der Waals surface area (Å²) in [5.74, 6) is -0.851. The number of rotatable bonds is 69. The first-order valence-corrected chi connectivity index (χ1v) is 37.0. The summed E-state index contributed by atoms with van der Waals surface area (Å²) in [6, 6.07) is 0. The number of esters is 3. The van der Waals surface area contributed by atoms with Crippen molar-refractivity contribution in [1.29, 1.82) is 0 Å². The molecule has 0 aromatic carbocycles. The Labute approximate surface area is 512 Å². The van der Waals surface area contributed by atoms with Crippen LogP contribution in [0.25, 0.3) is 0 Å². The van der Waals surface area contributed by atoms with Crippen LogP contribution in [0.4, 0.5) is 0 Å². The second-order valence-corrected chi connectivity index (χ2v) is 25.2. The average molecular weight is 1150 g/mol. The average Bonchev–Trinajstić information content (AvgIpc) is 3.48. The first-order chi connectivity index (χ1) is 40.5. The predicted molar refractivity (Wildman–Crippen MR) is 358 cm³/mol. The molecule has 0 fully saturated rings. The van der Waals surface area contributed by atoms with E-state index in [1.165, 1.54) is 289 Å². The molecule has 0 aromatic rings. The number of carbonyl (C=O) groups is 3. The molecule has 0 amide bonds. The highest BCUT2D eigenvalue weighted by molar-refractivity contribution is 5.71. The number of unbranched alkanes of at least 4 members (excludes halogenated alkanes) is 52. The maximum atomic E-state index is 12.9. The molecule has 0 saturated carbocycles. The van der Waals surface area contributed by atoms with Gasteiger partial charge >= 0.3 is 17.9 Å². The van der Waals surface area contributed by atoms with Gasteiger partial charge in [-0.05, 0) is 51.4 Å². The minimum Gasteiger partial charge on any atom is -0.462 e. The monoisotopic (exact) mass is 1150 g/mol. The summed E-state index contributed by atoms with van der Waals surface area (Å²) in [6.07, 6.45) is 89.2. The van der Waals surface area contributed by atoms with Crippen LogP contribution in [0.15, 0.2) is 36.5 Å². The molecule has 0 spiro atoms. The maximum Gasteiger partial charge on any atom is 0.306 e. The normalized spacial score (nSPS) is 12.2. The fourth-order valence-corrected chi connectivity index (χ4v) is 11.4. The van der Waals surface area contributed by atoms with Gasteiger partial charge in [0.15, 0.2) is 6.10 Å². The van der Waals surface area contributed by atoms with Gasteiger partial charge in [0, 0.05) is 19.3 Å². The molecule has 0 aromatic heterocycles. The number of hydrogen-bond acceptors (Lipinski definition) is 6. The molecule has 1 atom stereocenters. The van der Waals surface area contributed by atoms with E-state index in [1.54, 1.807) is 0 Å². The summed E-state index contributed by atoms with van der Waals surface area (Å²) >= 11 is 0. The Morgan fingerprint density at radius 2 is 0.476 bits per heavy atom. The first kappa shape index (κ1) is 79.6. The number of carbonyl (C=O) groups excluding carboxylic acids is 3. The number of ether oxygens (including phenoxy) is 3. The summed E-state index contributed by atoms with van der Waals surface area (Å²) < 4.78 is 17.0. The second kappa shape index (κ2) is 71.1. The Kier molecular flexibility index (Phi) is 69.1. The van der Waals surface area contributed by atoms with E-state index < -0.39 is 6.10 Å². The zero-order chi connectivity index (χ0) is 59.2. The quantitative estimate of drug-likeness (QED) is 0.0261. The second-order valence-electron chi connectivity index (χ2n) is 25.2. The molecule has 0 saturated heterocycles. The lowest BCUT2D eigenvalue weighted by Crippen LogP contribution is -2.30. The molecule has 0 aliphatic rings. The van der Waals surface area contributed by atoms with Crippen molar-refractivity contribution in [3.63, 3.8) is 0 Å². The summed E-state index contributed by atoms with van der Waals surface area (Å²) in [5.41, 5.74) is 0. The van der Waals surface area contributed by atoms with Crippen molar-refractivity contribution in [2.45, 2.75) is 419 Å². The van der Waals surface area contributed by atoms with Crippen molar-refractivity contribution >= 4 is 17.9 Å². The third-order valence-corrected chi connectivity index (χ3v) is 16.9. The molecule has 1 unspecified atom stereocenters. The van der Waals surface area contributed by atoms with Crippen molar-refractivity contribution in [1.82, 2.24) is 0 Å². The molecule has 0 heterocycles. The highest BCUT2D eigenvalue weighted by atomic mass is 16.6. The molecular weight excluding hydrogens is 1010 g/mol. The van der Waals surface area contributed by atoms with Gasteiger partial charge in [0.25, 0.3) is 0 Å². The zero-order valence-corrected chi connectivity index (χ0v) is 55.5. The number of hydrogen-bond donors (Lipinski definition) is 0. The van der Waals surface area contributed by atoms with Gasteiger partial charge in [-0.3, -0.25) is 14.4 Å². The zero-order valence-electron chi connectivity index (χ0n) is 55.5. The van der Waals surface area contributed by atoms with Crippen LogP contribution in [0, 0.1) is 0 Å². The summed E-state index contributed by atoms with van der Waals surface area (Å²) in [4.78, 5) is 38.4. The van der Waals surface area contributed by atoms with E-state index in [-0.39, 0.29) is 31.1 Å². The Hall–Kier alpha value is -2.37. The van der Waals surface area contributed by atoms with Gasteiger partial charge in [-0.1, -0.05) is 378 Å². The van der Waals surface area contributed by atoms with E-state index in [4.69, 9.17) is 14.2 Å². The minimum absolute atomic E-state index is 0.0705. The molecule has 0 N–H and O–H groups in total. The van der Waals surface area contributed by atoms with Crippen molar-refractivity contribution in [3.8, 4) is 0 Å². The van der Waals surface area contributed by atoms with E-state index in [2.05, 4.69) is 57.2 Å². The molecule has 0 aliphatic carbocycles. The maximum absolute atomic E-state index is 12.9. The van der Waals surface area contributed by atoms with Crippen LogP contribution in [0.5, 0.6) is 0 Å². The van der Waals surface area contributed by atoms with Crippen LogP contribution in [0.3, 0.4) is 0 Å². The van der Waals surface area contributed by atoms with E-state index in [1.807, 2.05) is 0 Å². The van der Waals surface area contributed by atoms with Gasteiger partial charge in [0.1, 0.15) is 13.2 Å². The van der Waals surface area contributed by atoms with E-state index >= 15 is 0 Å². The summed E-state index contributed by atoms with van der Waals surface area (Å²) in [7, 11) is 0. The lowest BCUT2D eigenvalue weighted by atomic mass is 10.0. The molecule has 482 valence electrons. The van der Waals surface area contributed by atoms with Gasteiger partial charge in [-0.25, -0.2) is 0 Å². The van der Waals surface area contributed by atoms with Gasteiger partial charge < -0.3 is 14.2 Å². The standard InChI is InChI=1S/C76H142O6/c1-4-7-10-13-16-19-22-25-28-30-31-32-33-34-35-36-37-38-39-40-41-42-43-44-45-47-48-51-54-57-60-63-66-69-75(78)81-72-73(71-80-74(77)68-65-62-59-56-53-50-27-24-21-18-15-12-9-6-3)82-76(79)70-67-64-61-58-55-52-49-46-29-26-23-20-17-14-11-8-5-2/h8,11,17,20,26,29,73H,4-7,9-10,12-16,18-19,21-25,27-28,30-72H2,1-3H3/b11-8-,20-17-,29-26-. The third-order valence-electron chi connectivity index (χ3n) is 16.9. The van der Waals surface area contributed by atoms with Crippen molar-refractivity contribution < 1.29 is 28.6 Å². The third kappa shape index (κ3) is 68.4. The van der Waals surface area contributed by atoms with Crippen molar-refractivity contribution in [2.75, 3.05) is 13.2 Å². The minimum atomic E-state index is -0.775. The lowest BCUT2D eigenvalue weighted by Gasteiger charge is -2.18. The Balaban J connectivity index is 4.10. The van der Waals surface area contributed by atoms with Crippen LogP contribution in [-0.2, 0) is 28.6 Å².